The van der Waals surface area contributed by atoms with Crippen molar-refractivity contribution in [3.8, 4) is 0 Å². The lowest BCUT2D eigenvalue weighted by Crippen LogP contribution is -2.45. The Balaban J connectivity index is 1.79. The lowest BCUT2D eigenvalue weighted by Gasteiger charge is -2.29. The summed E-state index contributed by atoms with van der Waals surface area (Å²) in [5, 5.41) is 2.64. The maximum atomic E-state index is 12.9. The van der Waals surface area contributed by atoms with Gasteiger partial charge in [-0.15, -0.1) is 0 Å². The highest BCUT2D eigenvalue weighted by molar-refractivity contribution is 7.92. The number of rotatable bonds is 8. The van der Waals surface area contributed by atoms with Gasteiger partial charge in [-0.3, -0.25) is 9.10 Å². The fourth-order valence-corrected chi connectivity index (χ4v) is 5.42. The Morgan fingerprint density at radius 2 is 1.59 bits per heavy atom. The Labute approximate surface area is 199 Å². The Kier molecular flexibility index (Phi) is 7.22. The third kappa shape index (κ3) is 5.88. The zero-order chi connectivity index (χ0) is 25.1. The zero-order valence-corrected chi connectivity index (χ0v) is 20.7. The number of carbonyl (C=O) groups excluding carboxylic acids is 1. The minimum Gasteiger partial charge on any atom is -0.324 e. The number of benzene rings is 2. The van der Waals surface area contributed by atoms with Crippen LogP contribution in [0.2, 0.25) is 0 Å². The molecule has 0 saturated heterocycles. The number of carbonyl (C=O) groups is 1. The van der Waals surface area contributed by atoms with Crippen molar-refractivity contribution in [2.24, 2.45) is 0 Å². The summed E-state index contributed by atoms with van der Waals surface area (Å²) < 4.78 is 53.5. The first kappa shape index (κ1) is 25.1. The van der Waals surface area contributed by atoms with E-state index < -0.39 is 32.0 Å². The van der Waals surface area contributed by atoms with E-state index in [0.29, 0.717) is 16.9 Å². The van der Waals surface area contributed by atoms with E-state index in [2.05, 4.69) is 20.0 Å². The molecule has 0 aliphatic heterocycles. The van der Waals surface area contributed by atoms with Crippen LogP contribution in [0.15, 0.2) is 65.8 Å². The number of anilines is 3. The lowest BCUT2D eigenvalue weighted by atomic mass is 10.1. The summed E-state index contributed by atoms with van der Waals surface area (Å²) in [6, 6.07) is 11.3. The molecule has 2 aromatic carbocycles. The lowest BCUT2D eigenvalue weighted by molar-refractivity contribution is -0.116. The largest absolute Gasteiger partial charge is 0.324 e. The molecule has 2 N–H and O–H groups in total. The molecule has 1 aromatic heterocycles. The van der Waals surface area contributed by atoms with E-state index in [1.54, 1.807) is 25.1 Å². The van der Waals surface area contributed by atoms with Gasteiger partial charge in [0.05, 0.1) is 16.8 Å². The average molecular weight is 504 g/mol. The minimum atomic E-state index is -3.93. The maximum absolute atomic E-state index is 12.9. The molecule has 0 bridgehead atoms. The summed E-state index contributed by atoms with van der Waals surface area (Å²) in [6.07, 6.45) is 3.85. The second kappa shape index (κ2) is 9.77. The van der Waals surface area contributed by atoms with Crippen LogP contribution < -0.4 is 14.3 Å². The first-order chi connectivity index (χ1) is 15.9. The zero-order valence-electron chi connectivity index (χ0n) is 19.1. The number of nitrogens with zero attached hydrogens (tertiary/aromatic N) is 3. The van der Waals surface area contributed by atoms with Gasteiger partial charge in [-0.1, -0.05) is 12.1 Å². The van der Waals surface area contributed by atoms with E-state index in [9.17, 15) is 21.6 Å². The average Bonchev–Trinajstić information content (AvgIpc) is 2.76. The standard InChI is InChI=1S/C22H25N5O5S2/c1-15-6-7-16(2)20(14-15)27(33(4,29)30)17(3)21(28)25-18-8-10-19(11-9-18)34(31,32)26-22-23-12-5-13-24-22/h5-14,17H,1-4H3,(H,25,28)(H,23,24,26)/t17-/m0/s1. The van der Waals surface area contributed by atoms with Gasteiger partial charge in [0, 0.05) is 18.1 Å². The number of aromatic nitrogens is 2. The highest BCUT2D eigenvalue weighted by Gasteiger charge is 2.30. The number of sulfonamides is 2. The molecule has 1 amide bonds. The molecule has 3 aromatic rings. The van der Waals surface area contributed by atoms with Crippen molar-refractivity contribution in [2.45, 2.75) is 31.7 Å². The van der Waals surface area contributed by atoms with Gasteiger partial charge in [0.15, 0.2) is 0 Å². The van der Waals surface area contributed by atoms with Gasteiger partial charge in [0.1, 0.15) is 6.04 Å². The summed E-state index contributed by atoms with van der Waals surface area (Å²) in [5.41, 5.74) is 2.29. The van der Waals surface area contributed by atoms with Crippen LogP contribution in [0.1, 0.15) is 18.1 Å². The molecule has 34 heavy (non-hydrogen) atoms. The molecule has 0 radical (unpaired) electrons. The molecule has 1 atom stereocenters. The third-order valence-electron chi connectivity index (χ3n) is 4.91. The fourth-order valence-electron chi connectivity index (χ4n) is 3.23. The van der Waals surface area contributed by atoms with Crippen LogP contribution in [0.5, 0.6) is 0 Å². The second-order valence-corrected chi connectivity index (χ2v) is 11.3. The van der Waals surface area contributed by atoms with Gasteiger partial charge in [-0.2, -0.15) is 0 Å². The number of hydrogen-bond acceptors (Lipinski definition) is 7. The highest BCUT2D eigenvalue weighted by atomic mass is 32.2. The predicted molar refractivity (Wildman–Crippen MR) is 131 cm³/mol. The quantitative estimate of drug-likeness (QED) is 0.482. The van der Waals surface area contributed by atoms with Crippen molar-refractivity contribution in [1.29, 1.82) is 0 Å². The monoisotopic (exact) mass is 503 g/mol. The predicted octanol–water partition coefficient (Wildman–Crippen LogP) is 2.69. The van der Waals surface area contributed by atoms with Gasteiger partial charge in [0.25, 0.3) is 10.0 Å². The van der Waals surface area contributed by atoms with E-state index in [1.807, 2.05) is 13.0 Å². The van der Waals surface area contributed by atoms with Crippen LogP contribution in [0.3, 0.4) is 0 Å². The van der Waals surface area contributed by atoms with Crippen molar-refractivity contribution < 1.29 is 21.6 Å². The van der Waals surface area contributed by atoms with Crippen molar-refractivity contribution in [3.05, 3.63) is 72.1 Å². The number of nitrogens with one attached hydrogen (secondary N) is 2. The summed E-state index contributed by atoms with van der Waals surface area (Å²) >= 11 is 0. The Morgan fingerprint density at radius 1 is 0.971 bits per heavy atom. The molecule has 1 heterocycles. The topological polar surface area (TPSA) is 138 Å². The van der Waals surface area contributed by atoms with E-state index in [1.165, 1.54) is 43.6 Å². The molecule has 180 valence electrons. The smallest absolute Gasteiger partial charge is 0.264 e. The van der Waals surface area contributed by atoms with Crippen LogP contribution in [-0.2, 0) is 24.8 Å². The Morgan fingerprint density at radius 3 is 2.18 bits per heavy atom. The molecule has 3 rings (SSSR count). The molecular formula is C22H25N5O5S2. The summed E-state index contributed by atoms with van der Waals surface area (Å²) in [7, 11) is -7.70. The Hall–Kier alpha value is -3.51. The van der Waals surface area contributed by atoms with Crippen LogP contribution in [-0.4, -0.2) is 45.0 Å². The fraction of sp³-hybridized carbons (Fsp3) is 0.227. The highest BCUT2D eigenvalue weighted by Crippen LogP contribution is 2.27. The molecule has 0 spiro atoms. The van der Waals surface area contributed by atoms with Crippen molar-refractivity contribution in [1.82, 2.24) is 9.97 Å². The van der Waals surface area contributed by atoms with Crippen molar-refractivity contribution in [2.75, 3.05) is 20.6 Å². The van der Waals surface area contributed by atoms with Gasteiger partial charge in [-0.25, -0.2) is 31.5 Å². The Bertz CT molecular complexity index is 1390. The van der Waals surface area contributed by atoms with E-state index in [-0.39, 0.29) is 10.8 Å². The first-order valence-corrected chi connectivity index (χ1v) is 13.5. The molecule has 0 aliphatic rings. The molecule has 0 unspecified atom stereocenters. The van der Waals surface area contributed by atoms with Crippen LogP contribution in [0.25, 0.3) is 0 Å². The van der Waals surface area contributed by atoms with Crippen LogP contribution in [0, 0.1) is 13.8 Å². The third-order valence-corrected chi connectivity index (χ3v) is 7.49. The number of hydrogen-bond donors (Lipinski definition) is 2. The molecular weight excluding hydrogens is 478 g/mol. The first-order valence-electron chi connectivity index (χ1n) is 10.2. The van der Waals surface area contributed by atoms with E-state index >= 15 is 0 Å². The number of amides is 1. The molecule has 0 aliphatic carbocycles. The minimum absolute atomic E-state index is 0.0563. The van der Waals surface area contributed by atoms with E-state index in [4.69, 9.17) is 0 Å². The van der Waals surface area contributed by atoms with Crippen LogP contribution in [0.4, 0.5) is 17.3 Å². The van der Waals surface area contributed by atoms with E-state index in [0.717, 1.165) is 16.1 Å². The van der Waals surface area contributed by atoms with Crippen molar-refractivity contribution in [3.63, 3.8) is 0 Å². The molecule has 0 fully saturated rings. The maximum Gasteiger partial charge on any atom is 0.264 e. The molecule has 0 saturated carbocycles. The van der Waals surface area contributed by atoms with Gasteiger partial charge < -0.3 is 5.32 Å². The summed E-state index contributed by atoms with van der Waals surface area (Å²) in [4.78, 5) is 20.5. The second-order valence-electron chi connectivity index (χ2n) is 7.72. The number of aryl methyl sites for hydroxylation is 2. The van der Waals surface area contributed by atoms with Gasteiger partial charge >= 0.3 is 0 Å². The van der Waals surface area contributed by atoms with Crippen LogP contribution >= 0.6 is 0 Å². The SMILES string of the molecule is Cc1ccc(C)c(N([C@@H](C)C(=O)Nc2ccc(S(=O)(=O)Nc3ncccn3)cc2)S(C)(=O)=O)c1. The summed E-state index contributed by atoms with van der Waals surface area (Å²) in [6.45, 7) is 5.09. The molecule has 10 nitrogen and oxygen atoms in total. The summed E-state index contributed by atoms with van der Waals surface area (Å²) in [5.74, 6) is -0.640. The molecule has 12 heteroatoms. The van der Waals surface area contributed by atoms with Gasteiger partial charge in [-0.05, 0) is 68.3 Å². The van der Waals surface area contributed by atoms with Gasteiger partial charge in [0.2, 0.25) is 21.9 Å². The van der Waals surface area contributed by atoms with Crippen molar-refractivity contribution >= 4 is 43.3 Å². The normalized spacial score (nSPS) is 12.6.